The third kappa shape index (κ3) is 6.32. The zero-order valence-corrected chi connectivity index (χ0v) is 30.5. The largest absolute Gasteiger partial charge is 0.352 e. The third-order valence-electron chi connectivity index (χ3n) is 8.39. The van der Waals surface area contributed by atoms with Gasteiger partial charge in [0.15, 0.2) is 17.1 Å². The van der Waals surface area contributed by atoms with Crippen LogP contribution in [0.15, 0.2) is 56.8 Å². The van der Waals surface area contributed by atoms with Gasteiger partial charge in [-0.3, -0.25) is 9.13 Å². The highest BCUT2D eigenvalue weighted by Gasteiger charge is 2.27. The van der Waals surface area contributed by atoms with E-state index in [0.29, 0.717) is 71.9 Å². The first-order valence-electron chi connectivity index (χ1n) is 16.4. The van der Waals surface area contributed by atoms with E-state index in [-0.39, 0.29) is 11.4 Å². The molecule has 0 saturated carbocycles. The second-order valence-corrected chi connectivity index (χ2v) is 13.6. The molecule has 16 nitrogen and oxygen atoms in total. The third-order valence-corrected chi connectivity index (χ3v) is 9.30. The first-order chi connectivity index (χ1) is 24.4. The fourth-order valence-electron chi connectivity index (χ4n) is 5.98. The van der Waals surface area contributed by atoms with Gasteiger partial charge in [0.2, 0.25) is 5.82 Å². The Kier molecular flexibility index (Phi) is 9.80. The molecule has 0 unspecified atom stereocenters. The topological polar surface area (TPSA) is 181 Å². The fraction of sp³-hybridized carbons (Fsp3) is 0.375. The predicted molar refractivity (Wildman–Crippen MR) is 195 cm³/mol. The Balaban J connectivity index is 0.000000157. The van der Waals surface area contributed by atoms with Gasteiger partial charge in [-0.05, 0) is 56.8 Å². The van der Waals surface area contributed by atoms with Crippen LogP contribution in [0.2, 0.25) is 0 Å². The molecule has 0 radical (unpaired) electrons. The molecule has 0 amide bonds. The van der Waals surface area contributed by atoms with Crippen LogP contribution in [-0.4, -0.2) is 67.5 Å². The molecule has 6 aromatic heterocycles. The number of hydrogen-bond donors (Lipinski definition) is 0. The summed E-state index contributed by atoms with van der Waals surface area (Å²) in [6.45, 7) is 5.52. The van der Waals surface area contributed by atoms with Gasteiger partial charge in [-0.15, -0.1) is 15.3 Å². The summed E-state index contributed by atoms with van der Waals surface area (Å²) in [6.07, 6.45) is 13.5. The molecular weight excluding hydrogens is 772 g/mol. The lowest BCUT2D eigenvalue weighted by Gasteiger charge is -2.11. The molecule has 18 heteroatoms. The van der Waals surface area contributed by atoms with E-state index in [1.54, 1.807) is 33.7 Å². The zero-order chi connectivity index (χ0) is 34.8. The van der Waals surface area contributed by atoms with Gasteiger partial charge in [0.05, 0.1) is 9.24 Å². The van der Waals surface area contributed by atoms with E-state index in [1.165, 1.54) is 21.6 Å². The predicted octanol–water partition coefficient (Wildman–Crippen LogP) is 5.04. The molecule has 0 spiro atoms. The minimum atomic E-state index is -0.219. The van der Waals surface area contributed by atoms with E-state index in [2.05, 4.69) is 95.9 Å². The average molecular weight is 805 g/mol. The van der Waals surface area contributed by atoms with Gasteiger partial charge in [0.25, 0.3) is 0 Å². The van der Waals surface area contributed by atoms with Crippen molar-refractivity contribution < 1.29 is 0 Å². The zero-order valence-electron chi connectivity index (χ0n) is 27.4. The first-order valence-corrected chi connectivity index (χ1v) is 18.0. The summed E-state index contributed by atoms with van der Waals surface area (Å²) in [7, 11) is 0. The Morgan fingerprint density at radius 3 is 1.88 bits per heavy atom. The van der Waals surface area contributed by atoms with Crippen LogP contribution in [0, 0.1) is 0 Å². The number of halogens is 2. The van der Waals surface area contributed by atoms with Gasteiger partial charge in [-0.25, -0.2) is 48.9 Å². The summed E-state index contributed by atoms with van der Waals surface area (Å²) < 4.78 is 7.92. The van der Waals surface area contributed by atoms with Gasteiger partial charge in [-0.1, -0.05) is 39.5 Å². The summed E-state index contributed by atoms with van der Waals surface area (Å²) in [6, 6.07) is 3.44. The van der Waals surface area contributed by atoms with Crippen LogP contribution < -0.4 is 11.4 Å². The molecule has 8 heterocycles. The number of fused-ring (bicyclic) bond motifs is 6. The molecular formula is C32H32Br2N14O2. The summed E-state index contributed by atoms with van der Waals surface area (Å²) in [5.74, 6) is 2.21. The second kappa shape index (κ2) is 14.6. The highest BCUT2D eigenvalue weighted by molar-refractivity contribution is 9.18. The van der Waals surface area contributed by atoms with Crippen LogP contribution in [0.3, 0.4) is 0 Å². The van der Waals surface area contributed by atoms with Gasteiger partial charge in [0.1, 0.15) is 35.7 Å². The Bertz CT molecular complexity index is 2350. The number of unbranched alkanes of at least 4 members (excludes halogenated alkanes) is 4. The number of rotatable bonds is 10. The monoisotopic (exact) mass is 802 g/mol. The molecule has 0 saturated heterocycles. The van der Waals surface area contributed by atoms with E-state index < -0.39 is 0 Å². The lowest BCUT2D eigenvalue weighted by molar-refractivity contribution is 0.568. The fourth-order valence-corrected chi connectivity index (χ4v) is 6.88. The van der Waals surface area contributed by atoms with E-state index in [0.717, 1.165) is 58.9 Å². The van der Waals surface area contributed by atoms with Crippen LogP contribution >= 0.6 is 31.9 Å². The van der Waals surface area contributed by atoms with Crippen molar-refractivity contribution in [1.82, 2.24) is 58.3 Å². The maximum atomic E-state index is 13.2. The maximum absolute atomic E-state index is 13.2. The van der Waals surface area contributed by atoms with Crippen molar-refractivity contribution in [2.24, 2.45) is 9.98 Å². The molecule has 256 valence electrons. The van der Waals surface area contributed by atoms with Gasteiger partial charge in [0, 0.05) is 49.5 Å². The van der Waals surface area contributed by atoms with E-state index in [9.17, 15) is 9.59 Å². The summed E-state index contributed by atoms with van der Waals surface area (Å²) in [4.78, 5) is 55.9. The van der Waals surface area contributed by atoms with Crippen LogP contribution in [0.25, 0.3) is 34.3 Å². The summed E-state index contributed by atoms with van der Waals surface area (Å²) >= 11 is 6.91. The van der Waals surface area contributed by atoms with Crippen LogP contribution in [0.5, 0.6) is 0 Å². The van der Waals surface area contributed by atoms with Crippen molar-refractivity contribution in [1.29, 1.82) is 0 Å². The molecule has 0 bridgehead atoms. The molecule has 0 N–H and O–H groups in total. The van der Waals surface area contributed by atoms with Crippen molar-refractivity contribution in [2.45, 2.75) is 78.3 Å². The molecule has 2 aliphatic heterocycles. The van der Waals surface area contributed by atoms with Gasteiger partial charge < -0.3 is 0 Å². The molecule has 8 rings (SSSR count). The summed E-state index contributed by atoms with van der Waals surface area (Å²) in [5, 5.41) is 12.8. The Morgan fingerprint density at radius 1 is 0.720 bits per heavy atom. The van der Waals surface area contributed by atoms with E-state index in [1.807, 2.05) is 0 Å². The maximum Gasteiger partial charge on any atom is 0.352 e. The Hall–Kier alpha value is -4.84. The van der Waals surface area contributed by atoms with Gasteiger partial charge >= 0.3 is 11.4 Å². The SMILES string of the molecule is CCCCCn1c2c(c3nc(-c4ccncn4)nn3c1=O)CC(Br)=N2.CCCCCn1c2c(c3nnc(-c4ccncn4)n3c1=O)CC(Br)=N2. The molecule has 2 aliphatic rings. The van der Waals surface area contributed by atoms with Crippen LogP contribution in [0.4, 0.5) is 11.6 Å². The van der Waals surface area contributed by atoms with Gasteiger partial charge in [-0.2, -0.15) is 4.52 Å². The average Bonchev–Trinajstić information content (AvgIpc) is 3.93. The van der Waals surface area contributed by atoms with Crippen molar-refractivity contribution in [2.75, 3.05) is 0 Å². The highest BCUT2D eigenvalue weighted by atomic mass is 79.9. The molecule has 0 fully saturated rings. The van der Waals surface area contributed by atoms with E-state index in [4.69, 9.17) is 0 Å². The van der Waals surface area contributed by atoms with Crippen molar-refractivity contribution in [3.63, 3.8) is 0 Å². The van der Waals surface area contributed by atoms with Crippen molar-refractivity contribution in [3.05, 3.63) is 69.3 Å². The first kappa shape index (κ1) is 33.6. The number of nitrogens with zero attached hydrogens (tertiary/aromatic N) is 14. The van der Waals surface area contributed by atoms with Crippen molar-refractivity contribution in [3.8, 4) is 23.0 Å². The number of aromatic nitrogens is 12. The molecule has 50 heavy (non-hydrogen) atoms. The molecule has 0 atom stereocenters. The molecule has 0 aliphatic carbocycles. The van der Waals surface area contributed by atoms with Crippen LogP contribution in [0.1, 0.15) is 63.5 Å². The quantitative estimate of drug-likeness (QED) is 0.170. The highest BCUT2D eigenvalue weighted by Crippen LogP contribution is 2.32. The van der Waals surface area contributed by atoms with E-state index >= 15 is 0 Å². The Morgan fingerprint density at radius 2 is 1.30 bits per heavy atom. The normalized spacial score (nSPS) is 13.3. The smallest absolute Gasteiger partial charge is 0.277 e. The number of hydrogen-bond acceptors (Lipinski definition) is 12. The minimum absolute atomic E-state index is 0.186. The second-order valence-electron chi connectivity index (χ2n) is 11.8. The molecule has 6 aromatic rings. The molecule has 0 aromatic carbocycles. The number of aliphatic imine (C=N–C) groups is 2. The lowest BCUT2D eigenvalue weighted by Crippen LogP contribution is -2.28. The Labute approximate surface area is 301 Å². The minimum Gasteiger partial charge on any atom is -0.277 e. The van der Waals surface area contributed by atoms with Crippen LogP contribution in [-0.2, 0) is 25.9 Å². The standard InChI is InChI=1S/2C16H16BrN7O/c1-2-3-4-7-23-14-10(8-12(17)20-14)15-21-13(22-24(15)16(23)25)11-5-6-18-9-19-11;1-2-3-4-7-23-13-10(8-12(17)20-13)14-21-22-15(24(14)16(23)25)11-5-6-18-9-19-11/h2*5-6,9H,2-4,7-8H2,1H3. The van der Waals surface area contributed by atoms with Crippen molar-refractivity contribution >= 4 is 64.0 Å². The lowest BCUT2D eigenvalue weighted by atomic mass is 10.2. The summed E-state index contributed by atoms with van der Waals surface area (Å²) in [5.41, 5.74) is 3.65.